The van der Waals surface area contributed by atoms with Gasteiger partial charge in [0.1, 0.15) is 5.78 Å². The van der Waals surface area contributed by atoms with Crippen LogP contribution in [0.4, 0.5) is 0 Å². The first-order chi connectivity index (χ1) is 8.66. The molecule has 0 amide bonds. The highest BCUT2D eigenvalue weighted by atomic mass is 16.3. The molecule has 1 aromatic carbocycles. The molecule has 0 saturated carbocycles. The predicted octanol–water partition coefficient (Wildman–Crippen LogP) is 2.16. The van der Waals surface area contributed by atoms with Crippen molar-refractivity contribution in [3.8, 4) is 0 Å². The molecule has 1 aromatic rings. The second-order valence-electron chi connectivity index (χ2n) is 5.12. The van der Waals surface area contributed by atoms with E-state index in [9.17, 15) is 9.90 Å². The van der Waals surface area contributed by atoms with Gasteiger partial charge in [-0.25, -0.2) is 0 Å². The lowest BCUT2D eigenvalue weighted by Gasteiger charge is -2.26. The number of nitrogens with zero attached hydrogens (tertiary/aromatic N) is 1. The lowest BCUT2D eigenvalue weighted by atomic mass is 10.1. The highest BCUT2D eigenvalue weighted by Gasteiger charge is 2.27. The van der Waals surface area contributed by atoms with Gasteiger partial charge in [-0.2, -0.15) is 0 Å². The number of hydrogen-bond acceptors (Lipinski definition) is 3. The van der Waals surface area contributed by atoms with Crippen LogP contribution in [0.5, 0.6) is 0 Å². The van der Waals surface area contributed by atoms with Crippen LogP contribution in [0.3, 0.4) is 0 Å². The number of carbonyl (C=O) groups excluding carboxylic acids is 1. The molecule has 3 heteroatoms. The van der Waals surface area contributed by atoms with Gasteiger partial charge in [-0.05, 0) is 31.9 Å². The first kappa shape index (κ1) is 13.2. The fourth-order valence-corrected chi connectivity index (χ4v) is 2.70. The van der Waals surface area contributed by atoms with Gasteiger partial charge in [0.2, 0.25) is 0 Å². The Kier molecular flexibility index (Phi) is 4.50. The van der Waals surface area contributed by atoms with Crippen LogP contribution in [0.1, 0.15) is 37.9 Å². The summed E-state index contributed by atoms with van der Waals surface area (Å²) in [5.74, 6) is 0.237. The molecule has 0 spiro atoms. The van der Waals surface area contributed by atoms with Gasteiger partial charge in [-0.1, -0.05) is 30.3 Å². The largest absolute Gasteiger partial charge is 0.387 e. The molecule has 1 saturated heterocycles. The number of β-amino-alcohol motifs (C(OH)–C–C–N with tert-alkyl or cyclic N) is 1. The van der Waals surface area contributed by atoms with Crippen LogP contribution in [0.15, 0.2) is 30.3 Å². The normalized spacial score (nSPS) is 22.0. The molecule has 2 unspecified atom stereocenters. The van der Waals surface area contributed by atoms with E-state index in [-0.39, 0.29) is 5.78 Å². The summed E-state index contributed by atoms with van der Waals surface area (Å²) in [6.45, 7) is 3.26. The van der Waals surface area contributed by atoms with E-state index >= 15 is 0 Å². The first-order valence-corrected chi connectivity index (χ1v) is 6.63. The second-order valence-corrected chi connectivity index (χ2v) is 5.12. The molecular weight excluding hydrogens is 226 g/mol. The summed E-state index contributed by atoms with van der Waals surface area (Å²) in [5.41, 5.74) is 0.950. The van der Waals surface area contributed by atoms with Gasteiger partial charge in [0, 0.05) is 19.0 Å². The van der Waals surface area contributed by atoms with E-state index in [1.54, 1.807) is 6.92 Å². The summed E-state index contributed by atoms with van der Waals surface area (Å²) < 4.78 is 0. The van der Waals surface area contributed by atoms with Crippen LogP contribution < -0.4 is 0 Å². The number of hydrogen-bond donors (Lipinski definition) is 1. The summed E-state index contributed by atoms with van der Waals surface area (Å²) in [4.78, 5) is 13.5. The Balaban J connectivity index is 1.94. The number of aliphatic hydroxyl groups is 1. The van der Waals surface area contributed by atoms with Crippen LogP contribution in [0, 0.1) is 0 Å². The Labute approximate surface area is 108 Å². The van der Waals surface area contributed by atoms with Crippen molar-refractivity contribution in [3.05, 3.63) is 35.9 Å². The Morgan fingerprint density at radius 1 is 1.44 bits per heavy atom. The van der Waals surface area contributed by atoms with Gasteiger partial charge < -0.3 is 5.11 Å². The monoisotopic (exact) mass is 247 g/mol. The maximum atomic E-state index is 11.2. The molecule has 2 rings (SSSR count). The van der Waals surface area contributed by atoms with Crippen molar-refractivity contribution in [2.75, 3.05) is 13.1 Å². The standard InChI is InChI=1S/C15H21NO2/c1-12(17)10-14-8-5-9-16(14)11-15(18)13-6-3-2-4-7-13/h2-4,6-7,14-15,18H,5,8-11H2,1H3. The average molecular weight is 247 g/mol. The third-order valence-electron chi connectivity index (χ3n) is 3.61. The minimum Gasteiger partial charge on any atom is -0.387 e. The fourth-order valence-electron chi connectivity index (χ4n) is 2.70. The van der Waals surface area contributed by atoms with Crippen molar-refractivity contribution in [2.24, 2.45) is 0 Å². The number of aliphatic hydroxyl groups excluding tert-OH is 1. The van der Waals surface area contributed by atoms with Gasteiger partial charge in [0.05, 0.1) is 6.10 Å². The van der Waals surface area contributed by atoms with Crippen molar-refractivity contribution >= 4 is 5.78 Å². The summed E-state index contributed by atoms with van der Waals surface area (Å²) in [5, 5.41) is 10.2. The smallest absolute Gasteiger partial charge is 0.131 e. The zero-order chi connectivity index (χ0) is 13.0. The molecule has 18 heavy (non-hydrogen) atoms. The van der Waals surface area contributed by atoms with Gasteiger partial charge in [-0.15, -0.1) is 0 Å². The summed E-state index contributed by atoms with van der Waals surface area (Å²) in [7, 11) is 0. The van der Waals surface area contributed by atoms with Crippen molar-refractivity contribution in [2.45, 2.75) is 38.3 Å². The predicted molar refractivity (Wildman–Crippen MR) is 71.3 cm³/mol. The van der Waals surface area contributed by atoms with Crippen LogP contribution in [-0.2, 0) is 4.79 Å². The molecule has 1 heterocycles. The molecule has 0 radical (unpaired) electrons. The SMILES string of the molecule is CC(=O)CC1CCCN1CC(O)c1ccccc1. The lowest BCUT2D eigenvalue weighted by Crippen LogP contribution is -2.34. The van der Waals surface area contributed by atoms with E-state index < -0.39 is 6.10 Å². The molecule has 1 N–H and O–H groups in total. The molecule has 0 aromatic heterocycles. The topological polar surface area (TPSA) is 40.5 Å². The Morgan fingerprint density at radius 3 is 2.83 bits per heavy atom. The lowest BCUT2D eigenvalue weighted by molar-refractivity contribution is -0.118. The summed E-state index contributed by atoms with van der Waals surface area (Å²) in [6.07, 6.45) is 2.35. The average Bonchev–Trinajstić information content (AvgIpc) is 2.77. The number of carbonyl (C=O) groups is 1. The molecule has 2 atom stereocenters. The number of ketones is 1. The van der Waals surface area contributed by atoms with E-state index in [0.717, 1.165) is 24.9 Å². The van der Waals surface area contributed by atoms with E-state index in [2.05, 4.69) is 4.90 Å². The Morgan fingerprint density at radius 2 is 2.17 bits per heavy atom. The fraction of sp³-hybridized carbons (Fsp3) is 0.533. The number of likely N-dealkylation sites (tertiary alicyclic amines) is 1. The van der Waals surface area contributed by atoms with Crippen molar-refractivity contribution in [1.29, 1.82) is 0 Å². The van der Waals surface area contributed by atoms with Gasteiger partial charge in [-0.3, -0.25) is 9.69 Å². The number of rotatable bonds is 5. The molecule has 98 valence electrons. The Hall–Kier alpha value is -1.19. The summed E-state index contributed by atoms with van der Waals surface area (Å²) in [6, 6.07) is 10.0. The van der Waals surface area contributed by atoms with Crippen molar-refractivity contribution in [1.82, 2.24) is 4.90 Å². The van der Waals surface area contributed by atoms with Crippen molar-refractivity contribution in [3.63, 3.8) is 0 Å². The highest BCUT2D eigenvalue weighted by molar-refractivity contribution is 5.76. The van der Waals surface area contributed by atoms with Crippen LogP contribution in [0.2, 0.25) is 0 Å². The van der Waals surface area contributed by atoms with E-state index in [1.165, 1.54) is 0 Å². The zero-order valence-corrected chi connectivity index (χ0v) is 10.9. The number of Topliss-reactive ketones (excluding diaryl/α,β-unsaturated/α-hetero) is 1. The van der Waals surface area contributed by atoms with E-state index in [1.807, 2.05) is 30.3 Å². The molecule has 0 bridgehead atoms. The minimum atomic E-state index is -0.459. The van der Waals surface area contributed by atoms with Gasteiger partial charge in [0.15, 0.2) is 0 Å². The number of benzene rings is 1. The maximum Gasteiger partial charge on any atom is 0.131 e. The summed E-state index contributed by atoms with van der Waals surface area (Å²) >= 11 is 0. The molecule has 0 aliphatic carbocycles. The molecule has 1 aliphatic rings. The molecule has 3 nitrogen and oxygen atoms in total. The van der Waals surface area contributed by atoms with Gasteiger partial charge >= 0.3 is 0 Å². The zero-order valence-electron chi connectivity index (χ0n) is 10.9. The van der Waals surface area contributed by atoms with Crippen LogP contribution >= 0.6 is 0 Å². The van der Waals surface area contributed by atoms with Crippen LogP contribution in [-0.4, -0.2) is 34.9 Å². The third kappa shape index (κ3) is 3.40. The second kappa shape index (κ2) is 6.12. The molecule has 1 fully saturated rings. The highest BCUT2D eigenvalue weighted by Crippen LogP contribution is 2.23. The van der Waals surface area contributed by atoms with E-state index in [4.69, 9.17) is 0 Å². The molecular formula is C15H21NO2. The quantitative estimate of drug-likeness (QED) is 0.867. The van der Waals surface area contributed by atoms with E-state index in [0.29, 0.717) is 19.0 Å². The first-order valence-electron chi connectivity index (χ1n) is 6.63. The maximum absolute atomic E-state index is 11.2. The molecule has 1 aliphatic heterocycles. The Bertz CT molecular complexity index is 391. The third-order valence-corrected chi connectivity index (χ3v) is 3.61. The van der Waals surface area contributed by atoms with Gasteiger partial charge in [0.25, 0.3) is 0 Å². The van der Waals surface area contributed by atoms with Crippen LogP contribution in [0.25, 0.3) is 0 Å². The minimum absolute atomic E-state index is 0.237. The van der Waals surface area contributed by atoms with Crippen molar-refractivity contribution < 1.29 is 9.90 Å².